The van der Waals surface area contributed by atoms with Gasteiger partial charge in [-0.25, -0.2) is 4.79 Å². The molecule has 0 bridgehead atoms. The van der Waals surface area contributed by atoms with Crippen LogP contribution in [0.1, 0.15) is 20.9 Å². The van der Waals surface area contributed by atoms with Gasteiger partial charge in [0.05, 0.1) is 5.56 Å². The number of aromatic nitrogens is 2. The molecule has 0 aliphatic heterocycles. The van der Waals surface area contributed by atoms with Gasteiger partial charge < -0.3 is 10.4 Å². The van der Waals surface area contributed by atoms with Crippen LogP contribution in [0.3, 0.4) is 0 Å². The lowest BCUT2D eigenvalue weighted by Gasteiger charge is -2.03. The molecule has 5 nitrogen and oxygen atoms in total. The molecule has 18 heavy (non-hydrogen) atoms. The third-order valence-corrected chi connectivity index (χ3v) is 3.21. The normalized spacial score (nSPS) is 10.3. The van der Waals surface area contributed by atoms with E-state index in [1.165, 1.54) is 11.3 Å². The molecule has 2 rings (SSSR count). The van der Waals surface area contributed by atoms with Crippen molar-refractivity contribution >= 4 is 22.4 Å². The molecule has 0 atom stereocenters. The number of nitrogens with zero attached hydrogens (tertiary/aromatic N) is 2. The number of carboxylic acid groups (broad SMARTS) is 1. The van der Waals surface area contributed by atoms with Crippen LogP contribution in [0, 0.1) is 6.92 Å². The van der Waals surface area contributed by atoms with Crippen LogP contribution in [0.15, 0.2) is 24.3 Å². The highest BCUT2D eigenvalue weighted by Gasteiger charge is 2.02. The highest BCUT2D eigenvalue weighted by Crippen LogP contribution is 2.13. The van der Waals surface area contributed by atoms with Gasteiger partial charge in [0.25, 0.3) is 0 Å². The number of anilines is 1. The molecule has 6 heteroatoms. The van der Waals surface area contributed by atoms with Crippen molar-refractivity contribution in [1.29, 1.82) is 0 Å². The van der Waals surface area contributed by atoms with E-state index in [0.717, 1.165) is 28.7 Å². The van der Waals surface area contributed by atoms with Crippen LogP contribution in [0.4, 0.5) is 5.13 Å². The summed E-state index contributed by atoms with van der Waals surface area (Å²) < 4.78 is 0. The van der Waals surface area contributed by atoms with Gasteiger partial charge in [0.15, 0.2) is 0 Å². The van der Waals surface area contributed by atoms with E-state index >= 15 is 0 Å². The average Bonchev–Trinajstić information content (AvgIpc) is 2.76. The van der Waals surface area contributed by atoms with Crippen molar-refractivity contribution in [2.75, 3.05) is 11.9 Å². The monoisotopic (exact) mass is 263 g/mol. The van der Waals surface area contributed by atoms with Crippen LogP contribution in [0.5, 0.6) is 0 Å². The van der Waals surface area contributed by atoms with Crippen molar-refractivity contribution < 1.29 is 9.90 Å². The Morgan fingerprint density at radius 2 is 2.06 bits per heavy atom. The Morgan fingerprint density at radius 1 is 1.33 bits per heavy atom. The molecule has 0 fully saturated rings. The van der Waals surface area contributed by atoms with Gasteiger partial charge in [0.2, 0.25) is 5.13 Å². The minimum atomic E-state index is -0.899. The second-order valence-corrected chi connectivity index (χ2v) is 4.99. The number of rotatable bonds is 5. The Morgan fingerprint density at radius 3 is 2.61 bits per heavy atom. The molecule has 1 aromatic heterocycles. The van der Waals surface area contributed by atoms with Gasteiger partial charge in [-0.15, -0.1) is 10.2 Å². The van der Waals surface area contributed by atoms with E-state index in [1.807, 2.05) is 19.1 Å². The van der Waals surface area contributed by atoms with Gasteiger partial charge in [-0.2, -0.15) is 0 Å². The lowest BCUT2D eigenvalue weighted by Crippen LogP contribution is -2.05. The maximum atomic E-state index is 10.7. The predicted octanol–water partition coefficient (Wildman–Crippen LogP) is 2.20. The summed E-state index contributed by atoms with van der Waals surface area (Å²) in [5, 5.41) is 21.6. The molecule has 94 valence electrons. The van der Waals surface area contributed by atoms with E-state index < -0.39 is 5.97 Å². The number of aryl methyl sites for hydroxylation is 1. The first-order valence-corrected chi connectivity index (χ1v) is 6.33. The highest BCUT2D eigenvalue weighted by atomic mass is 32.1. The Balaban J connectivity index is 1.85. The molecule has 0 spiro atoms. The summed E-state index contributed by atoms with van der Waals surface area (Å²) in [6, 6.07) is 6.90. The number of benzene rings is 1. The van der Waals surface area contributed by atoms with Gasteiger partial charge in [-0.3, -0.25) is 0 Å². The molecule has 0 aliphatic carbocycles. The Bertz CT molecular complexity index is 537. The summed E-state index contributed by atoms with van der Waals surface area (Å²) >= 11 is 1.52. The number of hydrogen-bond donors (Lipinski definition) is 2. The van der Waals surface area contributed by atoms with E-state index in [2.05, 4.69) is 15.5 Å². The molecule has 0 radical (unpaired) electrons. The standard InChI is InChI=1S/C12H13N3O2S/c1-8-14-15-12(18-8)13-7-6-9-2-4-10(5-3-9)11(16)17/h2-5H,6-7H2,1H3,(H,13,15)(H,16,17). The molecule has 1 heterocycles. The third kappa shape index (κ3) is 3.27. The van der Waals surface area contributed by atoms with Gasteiger partial charge in [0, 0.05) is 6.54 Å². The van der Waals surface area contributed by atoms with Crippen LogP contribution in [0.25, 0.3) is 0 Å². The number of aromatic carboxylic acids is 1. The quantitative estimate of drug-likeness (QED) is 0.865. The second-order valence-electron chi connectivity index (χ2n) is 3.81. The number of nitrogens with one attached hydrogen (secondary N) is 1. The SMILES string of the molecule is Cc1nnc(NCCc2ccc(C(=O)O)cc2)s1. The number of hydrogen-bond acceptors (Lipinski definition) is 5. The Hall–Kier alpha value is -1.95. The fourth-order valence-electron chi connectivity index (χ4n) is 1.50. The van der Waals surface area contributed by atoms with Crippen molar-refractivity contribution in [3.63, 3.8) is 0 Å². The van der Waals surface area contributed by atoms with Gasteiger partial charge in [-0.1, -0.05) is 23.5 Å². The zero-order chi connectivity index (χ0) is 13.0. The van der Waals surface area contributed by atoms with Crippen LogP contribution in [-0.2, 0) is 6.42 Å². The van der Waals surface area contributed by atoms with Crippen LogP contribution < -0.4 is 5.32 Å². The molecule has 0 amide bonds. The molecular formula is C12H13N3O2S. The van der Waals surface area contributed by atoms with Gasteiger partial charge >= 0.3 is 5.97 Å². The first-order chi connectivity index (χ1) is 8.65. The van der Waals surface area contributed by atoms with E-state index in [1.54, 1.807) is 12.1 Å². The molecule has 0 saturated heterocycles. The molecule has 2 aromatic rings. The lowest BCUT2D eigenvalue weighted by atomic mass is 10.1. The van der Waals surface area contributed by atoms with Crippen LogP contribution in [0.2, 0.25) is 0 Å². The summed E-state index contributed by atoms with van der Waals surface area (Å²) in [6.45, 7) is 2.66. The van der Waals surface area contributed by atoms with Crippen molar-refractivity contribution in [2.24, 2.45) is 0 Å². The van der Waals surface area contributed by atoms with Crippen molar-refractivity contribution in [3.05, 3.63) is 40.4 Å². The summed E-state index contributed by atoms with van der Waals surface area (Å²) in [7, 11) is 0. The van der Waals surface area contributed by atoms with E-state index in [4.69, 9.17) is 5.11 Å². The molecule has 0 unspecified atom stereocenters. The Kier molecular flexibility index (Phi) is 3.88. The van der Waals surface area contributed by atoms with E-state index in [0.29, 0.717) is 5.56 Å². The van der Waals surface area contributed by atoms with Crippen LogP contribution >= 0.6 is 11.3 Å². The molecular weight excluding hydrogens is 250 g/mol. The summed E-state index contributed by atoms with van der Waals surface area (Å²) in [6.07, 6.45) is 0.818. The Labute approximate surface area is 109 Å². The van der Waals surface area contributed by atoms with E-state index in [9.17, 15) is 4.79 Å². The second kappa shape index (κ2) is 5.59. The lowest BCUT2D eigenvalue weighted by molar-refractivity contribution is 0.0697. The fraction of sp³-hybridized carbons (Fsp3) is 0.250. The fourth-order valence-corrected chi connectivity index (χ4v) is 2.11. The maximum Gasteiger partial charge on any atom is 0.335 e. The number of carbonyl (C=O) groups is 1. The van der Waals surface area contributed by atoms with Gasteiger partial charge in [-0.05, 0) is 31.0 Å². The molecule has 0 aliphatic rings. The molecule has 0 saturated carbocycles. The predicted molar refractivity (Wildman–Crippen MR) is 70.2 cm³/mol. The number of carboxylic acids is 1. The van der Waals surface area contributed by atoms with Crippen molar-refractivity contribution in [2.45, 2.75) is 13.3 Å². The third-order valence-electron chi connectivity index (χ3n) is 2.42. The van der Waals surface area contributed by atoms with E-state index in [-0.39, 0.29) is 0 Å². The zero-order valence-corrected chi connectivity index (χ0v) is 10.7. The van der Waals surface area contributed by atoms with Gasteiger partial charge in [0.1, 0.15) is 5.01 Å². The molecule has 1 aromatic carbocycles. The zero-order valence-electron chi connectivity index (χ0n) is 9.88. The largest absolute Gasteiger partial charge is 0.478 e. The average molecular weight is 263 g/mol. The summed E-state index contributed by atoms with van der Waals surface area (Å²) in [4.78, 5) is 10.7. The minimum absolute atomic E-state index is 0.312. The maximum absolute atomic E-state index is 10.7. The minimum Gasteiger partial charge on any atom is -0.478 e. The smallest absolute Gasteiger partial charge is 0.335 e. The first-order valence-electron chi connectivity index (χ1n) is 5.51. The van der Waals surface area contributed by atoms with Crippen molar-refractivity contribution in [3.8, 4) is 0 Å². The van der Waals surface area contributed by atoms with Crippen molar-refractivity contribution in [1.82, 2.24) is 10.2 Å². The first kappa shape index (κ1) is 12.5. The summed E-state index contributed by atoms with van der Waals surface area (Å²) in [5.41, 5.74) is 1.40. The topological polar surface area (TPSA) is 75.1 Å². The van der Waals surface area contributed by atoms with Crippen LogP contribution in [-0.4, -0.2) is 27.8 Å². The highest BCUT2D eigenvalue weighted by molar-refractivity contribution is 7.15. The summed E-state index contributed by atoms with van der Waals surface area (Å²) in [5.74, 6) is -0.899. The molecule has 2 N–H and O–H groups in total.